The quantitative estimate of drug-likeness (QED) is 0.769. The SMILES string of the molecule is CC(C)(C)c1csc(CC(C)(O)c2ccc(I)cc2)n1. The summed E-state index contributed by atoms with van der Waals surface area (Å²) >= 11 is 3.90. The molecule has 1 unspecified atom stereocenters. The fourth-order valence-electron chi connectivity index (χ4n) is 1.94. The highest BCUT2D eigenvalue weighted by atomic mass is 127. The van der Waals surface area contributed by atoms with Gasteiger partial charge in [0, 0.05) is 20.8 Å². The first-order chi connectivity index (χ1) is 9.18. The van der Waals surface area contributed by atoms with E-state index in [0.29, 0.717) is 6.42 Å². The standard InChI is InChI=1S/C16H20INOS/c1-15(2,3)13-10-20-14(18-13)9-16(4,19)11-5-7-12(17)8-6-11/h5-8,10,19H,9H2,1-4H3. The molecule has 2 nitrogen and oxygen atoms in total. The predicted octanol–water partition coefficient (Wildman–Crippen LogP) is 4.50. The zero-order valence-corrected chi connectivity index (χ0v) is 15.2. The van der Waals surface area contributed by atoms with Crippen LogP contribution in [0.15, 0.2) is 29.6 Å². The molecule has 1 heterocycles. The topological polar surface area (TPSA) is 33.1 Å². The van der Waals surface area contributed by atoms with Crippen molar-refractivity contribution in [2.75, 3.05) is 0 Å². The van der Waals surface area contributed by atoms with E-state index in [9.17, 15) is 5.11 Å². The second-order valence-electron chi connectivity index (χ2n) is 6.33. The van der Waals surface area contributed by atoms with Gasteiger partial charge in [-0.15, -0.1) is 11.3 Å². The predicted molar refractivity (Wildman–Crippen MR) is 93.2 cm³/mol. The van der Waals surface area contributed by atoms with Crippen LogP contribution in [0.1, 0.15) is 44.0 Å². The minimum atomic E-state index is -0.878. The van der Waals surface area contributed by atoms with E-state index < -0.39 is 5.60 Å². The van der Waals surface area contributed by atoms with Gasteiger partial charge in [0.1, 0.15) is 0 Å². The average Bonchev–Trinajstić information content (AvgIpc) is 2.77. The molecule has 0 aliphatic carbocycles. The lowest BCUT2D eigenvalue weighted by Gasteiger charge is -2.23. The monoisotopic (exact) mass is 401 g/mol. The largest absolute Gasteiger partial charge is 0.385 e. The van der Waals surface area contributed by atoms with Crippen molar-refractivity contribution in [2.24, 2.45) is 0 Å². The Hall–Kier alpha value is -0.460. The highest BCUT2D eigenvalue weighted by molar-refractivity contribution is 14.1. The maximum atomic E-state index is 10.7. The van der Waals surface area contributed by atoms with E-state index in [4.69, 9.17) is 0 Å². The molecule has 0 amide bonds. The Morgan fingerprint density at radius 2 is 1.75 bits per heavy atom. The Balaban J connectivity index is 2.19. The number of rotatable bonds is 3. The number of thiazole rings is 1. The summed E-state index contributed by atoms with van der Waals surface area (Å²) in [5.74, 6) is 0. The molecule has 108 valence electrons. The van der Waals surface area contributed by atoms with Gasteiger partial charge in [0.05, 0.1) is 16.3 Å². The maximum absolute atomic E-state index is 10.7. The molecule has 0 aliphatic rings. The third-order valence-electron chi connectivity index (χ3n) is 3.28. The summed E-state index contributed by atoms with van der Waals surface area (Å²) in [4.78, 5) is 4.67. The van der Waals surface area contributed by atoms with Gasteiger partial charge in [-0.25, -0.2) is 4.98 Å². The third kappa shape index (κ3) is 3.80. The van der Waals surface area contributed by atoms with Gasteiger partial charge in [0.2, 0.25) is 0 Å². The second kappa shape index (κ2) is 5.73. The lowest BCUT2D eigenvalue weighted by Crippen LogP contribution is -2.24. The fourth-order valence-corrected chi connectivity index (χ4v) is 3.47. The molecule has 0 radical (unpaired) electrons. The second-order valence-corrected chi connectivity index (χ2v) is 8.52. The zero-order chi connectivity index (χ0) is 15.0. The summed E-state index contributed by atoms with van der Waals surface area (Å²) in [7, 11) is 0. The molecule has 2 aromatic rings. The van der Waals surface area contributed by atoms with E-state index in [-0.39, 0.29) is 5.41 Å². The van der Waals surface area contributed by atoms with E-state index >= 15 is 0 Å². The third-order valence-corrected chi connectivity index (χ3v) is 4.85. The van der Waals surface area contributed by atoms with Crippen LogP contribution in [0.25, 0.3) is 0 Å². The van der Waals surface area contributed by atoms with Gasteiger partial charge >= 0.3 is 0 Å². The van der Waals surface area contributed by atoms with Gasteiger partial charge in [-0.2, -0.15) is 0 Å². The van der Waals surface area contributed by atoms with Crippen molar-refractivity contribution in [1.82, 2.24) is 4.98 Å². The molecule has 0 spiro atoms. The molecule has 20 heavy (non-hydrogen) atoms. The molecule has 4 heteroatoms. The van der Waals surface area contributed by atoms with Gasteiger partial charge in [-0.3, -0.25) is 0 Å². The first kappa shape index (κ1) is 15.9. The number of benzene rings is 1. The molecular formula is C16H20INOS. The Morgan fingerprint density at radius 3 is 2.25 bits per heavy atom. The van der Waals surface area contributed by atoms with E-state index in [1.807, 2.05) is 31.2 Å². The summed E-state index contributed by atoms with van der Waals surface area (Å²) in [6, 6.07) is 8.01. The number of halogens is 1. The van der Waals surface area contributed by atoms with Crippen LogP contribution in [-0.4, -0.2) is 10.1 Å². The maximum Gasteiger partial charge on any atom is 0.0960 e. The van der Waals surface area contributed by atoms with Crippen molar-refractivity contribution >= 4 is 33.9 Å². The van der Waals surface area contributed by atoms with Crippen LogP contribution in [0, 0.1) is 3.57 Å². The molecule has 0 fully saturated rings. The van der Waals surface area contributed by atoms with E-state index in [0.717, 1.165) is 16.3 Å². The Labute approximate surface area is 138 Å². The van der Waals surface area contributed by atoms with Crippen molar-refractivity contribution in [1.29, 1.82) is 0 Å². The normalized spacial score (nSPS) is 15.1. The smallest absolute Gasteiger partial charge is 0.0960 e. The van der Waals surface area contributed by atoms with Crippen molar-refractivity contribution in [3.8, 4) is 0 Å². The highest BCUT2D eigenvalue weighted by Crippen LogP contribution is 2.30. The van der Waals surface area contributed by atoms with Gasteiger partial charge < -0.3 is 5.11 Å². The Bertz CT molecular complexity index is 581. The van der Waals surface area contributed by atoms with Gasteiger partial charge in [0.15, 0.2) is 0 Å². The molecule has 0 aliphatic heterocycles. The van der Waals surface area contributed by atoms with Crippen LogP contribution < -0.4 is 0 Å². The van der Waals surface area contributed by atoms with Crippen LogP contribution in [0.3, 0.4) is 0 Å². The van der Waals surface area contributed by atoms with Crippen molar-refractivity contribution in [3.63, 3.8) is 0 Å². The molecule has 0 saturated carbocycles. The number of nitrogens with zero attached hydrogens (tertiary/aromatic N) is 1. The molecule has 0 bridgehead atoms. The van der Waals surface area contributed by atoms with Crippen molar-refractivity contribution < 1.29 is 5.11 Å². The molecular weight excluding hydrogens is 381 g/mol. The summed E-state index contributed by atoms with van der Waals surface area (Å²) in [6.07, 6.45) is 0.550. The molecule has 1 aromatic heterocycles. The van der Waals surface area contributed by atoms with E-state index in [1.54, 1.807) is 11.3 Å². The summed E-state index contributed by atoms with van der Waals surface area (Å²) in [5.41, 5.74) is 1.21. The van der Waals surface area contributed by atoms with E-state index in [1.165, 1.54) is 3.57 Å². The van der Waals surface area contributed by atoms with E-state index in [2.05, 4.69) is 53.7 Å². The number of hydrogen-bond acceptors (Lipinski definition) is 3. The van der Waals surface area contributed by atoms with Crippen LogP contribution in [0.2, 0.25) is 0 Å². The average molecular weight is 401 g/mol. The lowest BCUT2D eigenvalue weighted by atomic mass is 9.92. The molecule has 0 saturated heterocycles. The van der Waals surface area contributed by atoms with Gasteiger partial charge in [-0.05, 0) is 47.2 Å². The van der Waals surface area contributed by atoms with Crippen molar-refractivity contribution in [3.05, 3.63) is 49.5 Å². The number of aliphatic hydroxyl groups is 1. The summed E-state index contributed by atoms with van der Waals surface area (Å²) in [5, 5.41) is 13.8. The van der Waals surface area contributed by atoms with Crippen molar-refractivity contribution in [2.45, 2.75) is 45.1 Å². The van der Waals surface area contributed by atoms with Gasteiger partial charge in [-0.1, -0.05) is 32.9 Å². The molecule has 1 N–H and O–H groups in total. The molecule has 1 aromatic carbocycles. The summed E-state index contributed by atoms with van der Waals surface area (Å²) in [6.45, 7) is 8.32. The first-order valence-electron chi connectivity index (χ1n) is 6.62. The minimum Gasteiger partial charge on any atom is -0.385 e. The first-order valence-corrected chi connectivity index (χ1v) is 8.58. The summed E-state index contributed by atoms with van der Waals surface area (Å²) < 4.78 is 1.17. The van der Waals surface area contributed by atoms with Gasteiger partial charge in [0.25, 0.3) is 0 Å². The van der Waals surface area contributed by atoms with Crippen LogP contribution in [0.5, 0.6) is 0 Å². The minimum absolute atomic E-state index is 0.0590. The lowest BCUT2D eigenvalue weighted by molar-refractivity contribution is 0.0575. The number of aromatic nitrogens is 1. The Kier molecular flexibility index (Phi) is 4.56. The number of hydrogen-bond donors (Lipinski definition) is 1. The van der Waals surface area contributed by atoms with Crippen LogP contribution in [0.4, 0.5) is 0 Å². The van der Waals surface area contributed by atoms with Crippen LogP contribution in [-0.2, 0) is 17.4 Å². The molecule has 2 rings (SSSR count). The Morgan fingerprint density at radius 1 is 1.15 bits per heavy atom. The fraction of sp³-hybridized carbons (Fsp3) is 0.438. The van der Waals surface area contributed by atoms with Crippen LogP contribution >= 0.6 is 33.9 Å². The molecule has 1 atom stereocenters. The zero-order valence-electron chi connectivity index (χ0n) is 12.3. The highest BCUT2D eigenvalue weighted by Gasteiger charge is 2.26.